The predicted molar refractivity (Wildman–Crippen MR) is 116 cm³/mol. The molecule has 0 saturated carbocycles. The molecule has 0 bridgehead atoms. The minimum Gasteiger partial charge on any atom is -0.447 e. The molecule has 1 aliphatic heterocycles. The number of benzene rings is 1. The van der Waals surface area contributed by atoms with E-state index < -0.39 is 29.1 Å². The Balaban J connectivity index is 1.79. The van der Waals surface area contributed by atoms with Crippen molar-refractivity contribution in [1.29, 1.82) is 0 Å². The van der Waals surface area contributed by atoms with Crippen molar-refractivity contribution in [2.75, 3.05) is 10.2 Å². The van der Waals surface area contributed by atoms with Crippen LogP contribution in [0.25, 0.3) is 0 Å². The molecule has 1 fully saturated rings. The lowest BCUT2D eigenvalue weighted by molar-refractivity contribution is -0.121. The molecule has 1 unspecified atom stereocenters. The zero-order valence-corrected chi connectivity index (χ0v) is 18.7. The number of alkyl halides is 3. The third-order valence-electron chi connectivity index (χ3n) is 4.62. The first-order chi connectivity index (χ1) is 15.4. The van der Waals surface area contributed by atoms with Gasteiger partial charge < -0.3 is 10.1 Å². The number of aromatic nitrogens is 1. The Morgan fingerprint density at radius 3 is 2.52 bits per heavy atom. The minimum atomic E-state index is -4.45. The molecule has 2 aromatic rings. The summed E-state index contributed by atoms with van der Waals surface area (Å²) in [6, 6.07) is 5.82. The summed E-state index contributed by atoms with van der Waals surface area (Å²) in [5, 5.41) is 5.20. The summed E-state index contributed by atoms with van der Waals surface area (Å²) < 4.78 is 42.7. The lowest BCUT2D eigenvalue weighted by Gasteiger charge is -2.23. The van der Waals surface area contributed by atoms with Crippen LogP contribution in [-0.2, 0) is 16.0 Å². The fourth-order valence-corrected chi connectivity index (χ4v) is 3.80. The van der Waals surface area contributed by atoms with Crippen molar-refractivity contribution in [2.24, 2.45) is 0 Å². The van der Waals surface area contributed by atoms with Gasteiger partial charge in [0.2, 0.25) is 0 Å². The smallest absolute Gasteiger partial charge is 0.446 e. The first-order valence-corrected chi connectivity index (χ1v) is 10.6. The summed E-state index contributed by atoms with van der Waals surface area (Å²) in [6.07, 6.45) is 1.87. The summed E-state index contributed by atoms with van der Waals surface area (Å²) in [4.78, 5) is 42.5. The number of pyridine rings is 1. The lowest BCUT2D eigenvalue weighted by Crippen LogP contribution is -2.46. The quantitative estimate of drug-likeness (QED) is 0.457. The highest BCUT2D eigenvalue weighted by Gasteiger charge is 2.48. The van der Waals surface area contributed by atoms with Crippen LogP contribution in [0, 0.1) is 0 Å². The second-order valence-corrected chi connectivity index (χ2v) is 8.87. The number of thioether (sulfide) groups is 1. The van der Waals surface area contributed by atoms with E-state index in [1.54, 1.807) is 19.9 Å². The molecule has 1 atom stereocenters. The molecule has 0 radical (unpaired) electrons. The van der Waals surface area contributed by atoms with E-state index in [0.29, 0.717) is 11.3 Å². The maximum absolute atomic E-state index is 13.2. The zero-order valence-electron chi connectivity index (χ0n) is 17.9. The van der Waals surface area contributed by atoms with Gasteiger partial charge in [-0.15, -0.1) is 0 Å². The first kappa shape index (κ1) is 24.4. The van der Waals surface area contributed by atoms with Crippen LogP contribution < -0.4 is 15.5 Å². The molecule has 33 heavy (non-hydrogen) atoms. The summed E-state index contributed by atoms with van der Waals surface area (Å²) >= 11 is -0.290. The Hall–Kier alpha value is -3.28. The van der Waals surface area contributed by atoms with Gasteiger partial charge in [-0.3, -0.25) is 15.1 Å². The van der Waals surface area contributed by atoms with Gasteiger partial charge in [-0.2, -0.15) is 13.2 Å². The monoisotopic (exact) mass is 482 g/mol. The molecular weight excluding hydrogens is 461 g/mol. The van der Waals surface area contributed by atoms with Crippen molar-refractivity contribution < 1.29 is 32.3 Å². The van der Waals surface area contributed by atoms with Crippen LogP contribution in [0.5, 0.6) is 0 Å². The van der Waals surface area contributed by atoms with E-state index in [1.807, 2.05) is 0 Å². The Morgan fingerprint density at radius 1 is 1.24 bits per heavy atom. The van der Waals surface area contributed by atoms with E-state index in [4.69, 9.17) is 4.74 Å². The number of rotatable bonds is 6. The molecule has 0 spiro atoms. The Bertz CT molecular complexity index is 1060. The second-order valence-electron chi connectivity index (χ2n) is 7.73. The summed E-state index contributed by atoms with van der Waals surface area (Å²) in [5.74, 6) is -0.587. The van der Waals surface area contributed by atoms with Crippen LogP contribution in [0.2, 0.25) is 0 Å². The third-order valence-corrected chi connectivity index (χ3v) is 5.36. The van der Waals surface area contributed by atoms with Gasteiger partial charge >= 0.3 is 17.6 Å². The highest BCUT2D eigenvalue weighted by Crippen LogP contribution is 2.38. The fourth-order valence-electron chi connectivity index (χ4n) is 3.26. The van der Waals surface area contributed by atoms with Crippen LogP contribution in [0.3, 0.4) is 0 Å². The molecule has 8 nitrogen and oxygen atoms in total. The van der Waals surface area contributed by atoms with Gasteiger partial charge in [0.05, 0.1) is 23.7 Å². The third kappa shape index (κ3) is 5.95. The molecular formula is C21H21F3N4O4S. The van der Waals surface area contributed by atoms with Crippen LogP contribution in [0.15, 0.2) is 47.6 Å². The zero-order chi connectivity index (χ0) is 24.4. The number of hydrogen-bond donors (Lipinski definition) is 2. The Labute approximate surface area is 191 Å². The molecule has 1 saturated heterocycles. The summed E-state index contributed by atoms with van der Waals surface area (Å²) in [6.45, 7) is 4.92. The van der Waals surface area contributed by atoms with Crippen molar-refractivity contribution in [2.45, 2.75) is 49.2 Å². The number of nitrogens with one attached hydrogen (secondary N) is 2. The van der Waals surface area contributed by atoms with Crippen molar-refractivity contribution >= 4 is 41.2 Å². The largest absolute Gasteiger partial charge is 0.447 e. The van der Waals surface area contributed by atoms with E-state index in [9.17, 15) is 27.6 Å². The van der Waals surface area contributed by atoms with Crippen LogP contribution in [-0.4, -0.2) is 40.2 Å². The van der Waals surface area contributed by atoms with Crippen molar-refractivity contribution in [3.05, 3.63) is 48.3 Å². The maximum Gasteiger partial charge on any atom is 0.446 e. The normalized spacial score (nSPS) is 18.5. The number of halogens is 3. The molecule has 4 amide bonds. The fraction of sp³-hybridized carbons (Fsp3) is 0.333. The molecule has 1 aliphatic rings. The van der Waals surface area contributed by atoms with Crippen LogP contribution in [0.1, 0.15) is 26.3 Å². The van der Waals surface area contributed by atoms with E-state index in [1.165, 1.54) is 43.6 Å². The predicted octanol–water partition coefficient (Wildman–Crippen LogP) is 4.71. The van der Waals surface area contributed by atoms with E-state index in [-0.39, 0.29) is 34.9 Å². The highest BCUT2D eigenvalue weighted by molar-refractivity contribution is 8.00. The molecule has 2 N–H and O–H groups in total. The molecule has 1 aromatic heterocycles. The lowest BCUT2D eigenvalue weighted by atomic mass is 9.92. The van der Waals surface area contributed by atoms with Crippen molar-refractivity contribution in [3.8, 4) is 0 Å². The number of urea groups is 1. The van der Waals surface area contributed by atoms with Gasteiger partial charge in [0.25, 0.3) is 5.91 Å². The molecule has 1 aromatic carbocycles. The number of amides is 4. The minimum absolute atomic E-state index is 0.0237. The number of ether oxygens (including phenoxy) is 1. The number of carbonyl (C=O) groups excluding carboxylic acids is 3. The Morgan fingerprint density at radius 2 is 1.91 bits per heavy atom. The van der Waals surface area contributed by atoms with Gasteiger partial charge in [0.15, 0.2) is 0 Å². The summed E-state index contributed by atoms with van der Waals surface area (Å²) in [7, 11) is 0. The molecule has 2 heterocycles. The number of imide groups is 1. The average Bonchev–Trinajstić information content (AvgIpc) is 2.90. The maximum atomic E-state index is 13.2. The average molecular weight is 482 g/mol. The second kappa shape index (κ2) is 9.30. The van der Waals surface area contributed by atoms with Crippen LogP contribution >= 0.6 is 11.8 Å². The molecule has 0 aliphatic carbocycles. The molecule has 3 rings (SSSR count). The van der Waals surface area contributed by atoms with Crippen molar-refractivity contribution in [1.82, 2.24) is 10.3 Å². The molecule has 12 heteroatoms. The number of anilines is 2. The first-order valence-electron chi connectivity index (χ1n) is 9.81. The highest BCUT2D eigenvalue weighted by atomic mass is 32.2. The Kier molecular flexibility index (Phi) is 6.86. The number of carbonyl (C=O) groups is 3. The number of hydrogen-bond acceptors (Lipinski definition) is 6. The van der Waals surface area contributed by atoms with Gasteiger partial charge in [0, 0.05) is 17.5 Å². The number of nitrogens with zero attached hydrogens (tertiary/aromatic N) is 2. The standard InChI is InChI=1S/C21H21F3N4O4S/c1-12(2)32-19(31)26-16-11-25-9-8-13(16)10-20(3)17(29)28(18(30)27-20)14-4-6-15(7-5-14)33-21(22,23)24/h4-9,11-12H,10H2,1-3H3,(H,26,31)(H,27,30). The van der Waals surface area contributed by atoms with E-state index in [0.717, 1.165) is 4.90 Å². The molecule has 176 valence electrons. The SMILES string of the molecule is CC(C)OC(=O)Nc1cnccc1CC1(C)NC(=O)N(c2ccc(SC(F)(F)F)cc2)C1=O. The summed E-state index contributed by atoms with van der Waals surface area (Å²) in [5.41, 5.74) is -4.82. The van der Waals surface area contributed by atoms with Gasteiger partial charge in [-0.25, -0.2) is 14.5 Å². The van der Waals surface area contributed by atoms with E-state index >= 15 is 0 Å². The van der Waals surface area contributed by atoms with Crippen molar-refractivity contribution in [3.63, 3.8) is 0 Å². The van der Waals surface area contributed by atoms with Gasteiger partial charge in [0.1, 0.15) is 5.54 Å². The van der Waals surface area contributed by atoms with E-state index in [2.05, 4.69) is 15.6 Å². The van der Waals surface area contributed by atoms with Gasteiger partial charge in [-0.05, 0) is 68.4 Å². The van der Waals surface area contributed by atoms with Crippen LogP contribution in [0.4, 0.5) is 34.1 Å². The topological polar surface area (TPSA) is 101 Å². The van der Waals surface area contributed by atoms with Gasteiger partial charge in [-0.1, -0.05) is 0 Å².